The fraction of sp³-hybridized carbons (Fsp3) is 0.286. The highest BCUT2D eigenvalue weighted by atomic mass is 19.4. The molecule has 1 heterocycles. The van der Waals surface area contributed by atoms with Gasteiger partial charge in [-0.05, 0) is 26.0 Å². The predicted octanol–water partition coefficient (Wildman–Crippen LogP) is 4.03. The minimum absolute atomic E-state index is 0.0950. The van der Waals surface area contributed by atoms with E-state index in [2.05, 4.69) is 15.3 Å². The lowest BCUT2D eigenvalue weighted by Crippen LogP contribution is -2.08. The molecule has 7 heteroatoms. The van der Waals surface area contributed by atoms with Gasteiger partial charge in [0.05, 0.1) is 5.56 Å². The van der Waals surface area contributed by atoms with Gasteiger partial charge in [-0.3, -0.25) is 0 Å². The van der Waals surface area contributed by atoms with Crippen LogP contribution in [0.5, 0.6) is 11.6 Å². The van der Waals surface area contributed by atoms with Gasteiger partial charge in [-0.15, -0.1) is 0 Å². The second kappa shape index (κ2) is 5.99. The Labute approximate surface area is 120 Å². The van der Waals surface area contributed by atoms with Gasteiger partial charge < -0.3 is 10.1 Å². The number of alkyl halides is 3. The first-order chi connectivity index (χ1) is 9.91. The number of nitrogens with zero attached hydrogens (tertiary/aromatic N) is 2. The number of aryl methyl sites for hydroxylation is 1. The van der Waals surface area contributed by atoms with Crippen LogP contribution in [-0.4, -0.2) is 16.5 Å². The third-order valence-corrected chi connectivity index (χ3v) is 2.66. The number of ether oxygens (including phenoxy) is 1. The molecule has 0 fully saturated rings. The first kappa shape index (κ1) is 15.1. The lowest BCUT2D eigenvalue weighted by atomic mass is 10.2. The molecule has 1 aromatic heterocycles. The minimum Gasteiger partial charge on any atom is -0.438 e. The number of aromatic nitrogens is 2. The minimum atomic E-state index is -4.48. The fourth-order valence-corrected chi connectivity index (χ4v) is 1.67. The maximum absolute atomic E-state index is 12.9. The zero-order chi connectivity index (χ0) is 15.5. The van der Waals surface area contributed by atoms with Gasteiger partial charge in [0.25, 0.3) is 0 Å². The van der Waals surface area contributed by atoms with Crippen LogP contribution in [0.15, 0.2) is 30.5 Å². The molecule has 0 unspecified atom stereocenters. The van der Waals surface area contributed by atoms with Crippen molar-refractivity contribution in [2.24, 2.45) is 0 Å². The van der Waals surface area contributed by atoms with E-state index in [1.807, 2.05) is 6.92 Å². The number of benzene rings is 1. The van der Waals surface area contributed by atoms with Gasteiger partial charge in [0, 0.05) is 18.3 Å². The van der Waals surface area contributed by atoms with Crippen molar-refractivity contribution in [1.82, 2.24) is 9.97 Å². The van der Waals surface area contributed by atoms with Crippen molar-refractivity contribution in [3.63, 3.8) is 0 Å². The average Bonchev–Trinajstić information content (AvgIpc) is 2.42. The molecule has 0 radical (unpaired) electrons. The summed E-state index contributed by atoms with van der Waals surface area (Å²) in [6.45, 7) is 4.13. The molecule has 4 nitrogen and oxygen atoms in total. The predicted molar refractivity (Wildman–Crippen MR) is 72.5 cm³/mol. The van der Waals surface area contributed by atoms with Crippen LogP contribution in [0.2, 0.25) is 0 Å². The van der Waals surface area contributed by atoms with E-state index in [1.54, 1.807) is 6.92 Å². The molecule has 2 rings (SSSR count). The highest BCUT2D eigenvalue weighted by Crippen LogP contribution is 2.38. The van der Waals surface area contributed by atoms with Crippen LogP contribution in [0.3, 0.4) is 0 Å². The summed E-state index contributed by atoms with van der Waals surface area (Å²) in [6.07, 6.45) is -2.99. The number of hydrogen-bond acceptors (Lipinski definition) is 4. The van der Waals surface area contributed by atoms with Gasteiger partial charge in [0.15, 0.2) is 0 Å². The summed E-state index contributed by atoms with van der Waals surface area (Å²) in [5, 5.41) is 2.88. The van der Waals surface area contributed by atoms with E-state index in [1.165, 1.54) is 24.4 Å². The Balaban J connectivity index is 2.36. The van der Waals surface area contributed by atoms with Crippen molar-refractivity contribution in [3.8, 4) is 11.6 Å². The number of halogens is 3. The Bertz CT molecular complexity index is 629. The molecule has 1 aromatic carbocycles. The van der Waals surface area contributed by atoms with Gasteiger partial charge in [0.1, 0.15) is 5.75 Å². The van der Waals surface area contributed by atoms with Gasteiger partial charge in [-0.25, -0.2) is 4.98 Å². The zero-order valence-corrected chi connectivity index (χ0v) is 11.5. The molecule has 0 atom stereocenters. The monoisotopic (exact) mass is 297 g/mol. The van der Waals surface area contributed by atoms with E-state index in [4.69, 9.17) is 4.74 Å². The Morgan fingerprint density at radius 2 is 1.95 bits per heavy atom. The SMILES string of the molecule is CCNc1ncc(C)c(Oc2ccccc2C(F)(F)F)n1. The molecule has 0 saturated carbocycles. The lowest BCUT2D eigenvalue weighted by molar-refractivity contribution is -0.138. The van der Waals surface area contributed by atoms with Crippen LogP contribution in [-0.2, 0) is 6.18 Å². The number of hydrogen-bond donors (Lipinski definition) is 1. The summed E-state index contributed by atoms with van der Waals surface area (Å²) in [4.78, 5) is 8.09. The molecule has 0 amide bonds. The molecular weight excluding hydrogens is 283 g/mol. The lowest BCUT2D eigenvalue weighted by Gasteiger charge is -2.14. The number of nitrogens with one attached hydrogen (secondary N) is 1. The van der Waals surface area contributed by atoms with E-state index in [0.717, 1.165) is 6.07 Å². The average molecular weight is 297 g/mol. The summed E-state index contributed by atoms with van der Waals surface area (Å²) >= 11 is 0. The number of para-hydroxylation sites is 1. The molecular formula is C14H14F3N3O. The van der Waals surface area contributed by atoms with Crippen molar-refractivity contribution < 1.29 is 17.9 Å². The molecule has 112 valence electrons. The van der Waals surface area contributed by atoms with Crippen molar-refractivity contribution in [2.75, 3.05) is 11.9 Å². The Kier molecular flexibility index (Phi) is 4.30. The summed E-state index contributed by atoms with van der Waals surface area (Å²) in [6, 6.07) is 5.02. The van der Waals surface area contributed by atoms with Crippen LogP contribution in [0.4, 0.5) is 19.1 Å². The first-order valence-corrected chi connectivity index (χ1v) is 6.33. The molecule has 0 aliphatic carbocycles. The molecule has 21 heavy (non-hydrogen) atoms. The van der Waals surface area contributed by atoms with Crippen molar-refractivity contribution in [2.45, 2.75) is 20.0 Å². The molecule has 0 aliphatic heterocycles. The zero-order valence-electron chi connectivity index (χ0n) is 11.5. The third-order valence-electron chi connectivity index (χ3n) is 2.66. The standard InChI is InChI=1S/C14H14F3N3O/c1-3-18-13-19-8-9(2)12(20-13)21-11-7-5-4-6-10(11)14(15,16)17/h4-8H,3H2,1-2H3,(H,18,19,20). The maximum Gasteiger partial charge on any atom is 0.419 e. The van der Waals surface area contributed by atoms with Crippen LogP contribution < -0.4 is 10.1 Å². The molecule has 1 N–H and O–H groups in total. The molecule has 0 aliphatic rings. The summed E-state index contributed by atoms with van der Waals surface area (Å²) in [5.41, 5.74) is -0.290. The van der Waals surface area contributed by atoms with E-state index in [9.17, 15) is 13.2 Å². The van der Waals surface area contributed by atoms with Crippen molar-refractivity contribution in [3.05, 3.63) is 41.6 Å². The largest absolute Gasteiger partial charge is 0.438 e. The number of anilines is 1. The Morgan fingerprint density at radius 3 is 2.62 bits per heavy atom. The highest BCUT2D eigenvalue weighted by Gasteiger charge is 2.34. The van der Waals surface area contributed by atoms with Gasteiger partial charge in [0.2, 0.25) is 11.8 Å². The van der Waals surface area contributed by atoms with Crippen LogP contribution in [0, 0.1) is 6.92 Å². The van der Waals surface area contributed by atoms with Crippen LogP contribution >= 0.6 is 0 Å². The summed E-state index contributed by atoms with van der Waals surface area (Å²) < 4.78 is 44.1. The van der Waals surface area contributed by atoms with E-state index in [-0.39, 0.29) is 11.6 Å². The van der Waals surface area contributed by atoms with Crippen LogP contribution in [0.1, 0.15) is 18.1 Å². The fourth-order valence-electron chi connectivity index (χ4n) is 1.67. The second-order valence-corrected chi connectivity index (χ2v) is 4.31. The van der Waals surface area contributed by atoms with Crippen LogP contribution in [0.25, 0.3) is 0 Å². The summed E-state index contributed by atoms with van der Waals surface area (Å²) in [7, 11) is 0. The van der Waals surface area contributed by atoms with E-state index >= 15 is 0 Å². The highest BCUT2D eigenvalue weighted by molar-refractivity contribution is 5.41. The molecule has 0 saturated heterocycles. The Hall–Kier alpha value is -2.31. The third kappa shape index (κ3) is 3.62. The smallest absolute Gasteiger partial charge is 0.419 e. The Morgan fingerprint density at radius 1 is 1.24 bits per heavy atom. The quantitative estimate of drug-likeness (QED) is 0.925. The first-order valence-electron chi connectivity index (χ1n) is 6.33. The molecule has 0 spiro atoms. The van der Waals surface area contributed by atoms with Gasteiger partial charge >= 0.3 is 6.18 Å². The van der Waals surface area contributed by atoms with E-state index < -0.39 is 11.7 Å². The van der Waals surface area contributed by atoms with Gasteiger partial charge in [-0.1, -0.05) is 12.1 Å². The van der Waals surface area contributed by atoms with E-state index in [0.29, 0.717) is 18.1 Å². The normalized spacial score (nSPS) is 11.3. The molecule has 0 bridgehead atoms. The summed E-state index contributed by atoms with van der Waals surface area (Å²) in [5.74, 6) is 0.120. The topological polar surface area (TPSA) is 47.0 Å². The molecule has 2 aromatic rings. The van der Waals surface area contributed by atoms with Gasteiger partial charge in [-0.2, -0.15) is 18.2 Å². The van der Waals surface area contributed by atoms with Crippen molar-refractivity contribution >= 4 is 5.95 Å². The van der Waals surface area contributed by atoms with Crippen molar-refractivity contribution in [1.29, 1.82) is 0 Å². The number of rotatable bonds is 4. The second-order valence-electron chi connectivity index (χ2n) is 4.31. The maximum atomic E-state index is 12.9.